The summed E-state index contributed by atoms with van der Waals surface area (Å²) in [5, 5.41) is 9.26. The zero-order chi connectivity index (χ0) is 7.72. The summed E-state index contributed by atoms with van der Waals surface area (Å²) in [5.41, 5.74) is 5.21. The van der Waals surface area contributed by atoms with Crippen molar-refractivity contribution in [3.05, 3.63) is 0 Å². The molecule has 0 aliphatic carbocycles. The van der Waals surface area contributed by atoms with Gasteiger partial charge in [0.1, 0.15) is 5.56 Å². The predicted molar refractivity (Wildman–Crippen MR) is 38.8 cm³/mol. The Morgan fingerprint density at radius 2 is 2.30 bits per heavy atom. The standard InChI is InChI=1S/C6H12ClNO2/c1-3-6(9)4(8)2-5(7)10-3/h3-6,9H,2,8H2,1H3/t3-,4-,5?,6+/m0/s1. The van der Waals surface area contributed by atoms with Crippen molar-refractivity contribution >= 4 is 11.6 Å². The largest absolute Gasteiger partial charge is 0.389 e. The molecule has 3 nitrogen and oxygen atoms in total. The summed E-state index contributed by atoms with van der Waals surface area (Å²) in [6.45, 7) is 1.76. The lowest BCUT2D eigenvalue weighted by Gasteiger charge is -2.33. The van der Waals surface area contributed by atoms with E-state index in [4.69, 9.17) is 22.1 Å². The number of halogens is 1. The predicted octanol–water partition coefficient (Wildman–Crippen LogP) is 0.0483. The summed E-state index contributed by atoms with van der Waals surface area (Å²) >= 11 is 5.66. The third-order valence-corrected chi connectivity index (χ3v) is 2.02. The Morgan fingerprint density at radius 1 is 1.70 bits per heavy atom. The second-order valence-corrected chi connectivity index (χ2v) is 3.13. The first kappa shape index (κ1) is 8.27. The summed E-state index contributed by atoms with van der Waals surface area (Å²) in [4.78, 5) is 0. The van der Waals surface area contributed by atoms with Crippen molar-refractivity contribution < 1.29 is 9.84 Å². The molecule has 3 N–H and O–H groups in total. The van der Waals surface area contributed by atoms with E-state index in [1.807, 2.05) is 0 Å². The molecule has 1 aliphatic heterocycles. The Kier molecular flexibility index (Phi) is 2.52. The molecule has 0 aromatic rings. The molecule has 0 aromatic heterocycles. The Labute approximate surface area is 65.1 Å². The van der Waals surface area contributed by atoms with Crippen LogP contribution in [0.1, 0.15) is 13.3 Å². The molecule has 1 saturated heterocycles. The van der Waals surface area contributed by atoms with Crippen LogP contribution >= 0.6 is 11.6 Å². The molecule has 1 heterocycles. The maximum atomic E-state index is 9.26. The topological polar surface area (TPSA) is 55.5 Å². The fourth-order valence-corrected chi connectivity index (χ4v) is 1.44. The van der Waals surface area contributed by atoms with E-state index in [9.17, 15) is 5.11 Å². The highest BCUT2D eigenvalue weighted by Gasteiger charge is 2.31. The molecule has 0 saturated carbocycles. The fraction of sp³-hybridized carbons (Fsp3) is 1.00. The van der Waals surface area contributed by atoms with Crippen molar-refractivity contribution in [1.82, 2.24) is 0 Å². The number of ether oxygens (including phenoxy) is 1. The van der Waals surface area contributed by atoms with Gasteiger partial charge in [0.15, 0.2) is 0 Å². The van der Waals surface area contributed by atoms with Crippen LogP contribution < -0.4 is 5.73 Å². The summed E-state index contributed by atoms with van der Waals surface area (Å²) in [6.07, 6.45) is -0.297. The first-order valence-electron chi connectivity index (χ1n) is 3.34. The van der Waals surface area contributed by atoms with E-state index in [1.165, 1.54) is 0 Å². The summed E-state index contributed by atoms with van der Waals surface area (Å²) in [6, 6.07) is -0.244. The van der Waals surface area contributed by atoms with Crippen LogP contribution in [0, 0.1) is 0 Å². The van der Waals surface area contributed by atoms with Gasteiger partial charge in [-0.1, -0.05) is 11.6 Å². The van der Waals surface area contributed by atoms with Crippen LogP contribution in [-0.4, -0.2) is 28.9 Å². The van der Waals surface area contributed by atoms with Gasteiger partial charge in [-0.15, -0.1) is 0 Å². The van der Waals surface area contributed by atoms with Crippen molar-refractivity contribution in [2.45, 2.75) is 37.2 Å². The molecular formula is C6H12ClNO2. The number of nitrogens with two attached hydrogens (primary N) is 1. The second-order valence-electron chi connectivity index (χ2n) is 2.64. The van der Waals surface area contributed by atoms with Crippen LogP contribution in [-0.2, 0) is 4.74 Å². The Hall–Kier alpha value is 0.170. The van der Waals surface area contributed by atoms with Gasteiger partial charge in [-0.3, -0.25) is 0 Å². The number of hydrogen-bond acceptors (Lipinski definition) is 3. The van der Waals surface area contributed by atoms with Gasteiger partial charge in [-0.05, 0) is 6.92 Å². The van der Waals surface area contributed by atoms with E-state index in [-0.39, 0.29) is 17.7 Å². The summed E-state index contributed by atoms with van der Waals surface area (Å²) in [7, 11) is 0. The maximum Gasteiger partial charge on any atom is 0.133 e. The molecule has 0 bridgehead atoms. The zero-order valence-electron chi connectivity index (χ0n) is 5.83. The highest BCUT2D eigenvalue weighted by Crippen LogP contribution is 2.20. The highest BCUT2D eigenvalue weighted by atomic mass is 35.5. The Morgan fingerprint density at radius 3 is 2.80 bits per heavy atom. The summed E-state index contributed by atoms with van der Waals surface area (Å²) in [5.74, 6) is 0. The van der Waals surface area contributed by atoms with E-state index >= 15 is 0 Å². The minimum atomic E-state index is -0.574. The minimum Gasteiger partial charge on any atom is -0.389 e. The van der Waals surface area contributed by atoms with Crippen LogP contribution in [0.4, 0.5) is 0 Å². The number of hydrogen-bond donors (Lipinski definition) is 2. The number of aliphatic hydroxyl groups is 1. The number of alkyl halides is 1. The van der Waals surface area contributed by atoms with Gasteiger partial charge in [0.2, 0.25) is 0 Å². The van der Waals surface area contributed by atoms with E-state index in [0.29, 0.717) is 6.42 Å². The third-order valence-electron chi connectivity index (χ3n) is 1.74. The molecular weight excluding hydrogens is 154 g/mol. The maximum absolute atomic E-state index is 9.26. The normalized spacial score (nSPS) is 49.2. The monoisotopic (exact) mass is 165 g/mol. The van der Waals surface area contributed by atoms with Gasteiger partial charge in [-0.2, -0.15) is 0 Å². The molecule has 60 valence electrons. The van der Waals surface area contributed by atoms with Gasteiger partial charge in [0.25, 0.3) is 0 Å². The third kappa shape index (κ3) is 1.61. The molecule has 0 spiro atoms. The molecule has 1 fully saturated rings. The van der Waals surface area contributed by atoms with Gasteiger partial charge in [0.05, 0.1) is 12.2 Å². The van der Waals surface area contributed by atoms with Crippen LogP contribution in [0.2, 0.25) is 0 Å². The molecule has 10 heavy (non-hydrogen) atoms. The van der Waals surface area contributed by atoms with Crippen LogP contribution in [0.25, 0.3) is 0 Å². The molecule has 4 heteroatoms. The van der Waals surface area contributed by atoms with E-state index in [0.717, 1.165) is 0 Å². The zero-order valence-corrected chi connectivity index (χ0v) is 6.58. The molecule has 4 atom stereocenters. The molecule has 0 radical (unpaired) electrons. The molecule has 1 aliphatic rings. The van der Waals surface area contributed by atoms with E-state index in [1.54, 1.807) is 6.92 Å². The Bertz CT molecular complexity index is 110. The lowest BCUT2D eigenvalue weighted by molar-refractivity contribution is -0.0894. The first-order valence-corrected chi connectivity index (χ1v) is 3.78. The van der Waals surface area contributed by atoms with E-state index in [2.05, 4.69) is 0 Å². The average molecular weight is 166 g/mol. The van der Waals surface area contributed by atoms with Crippen molar-refractivity contribution in [3.63, 3.8) is 0 Å². The molecule has 0 amide bonds. The van der Waals surface area contributed by atoms with Crippen LogP contribution in [0.5, 0.6) is 0 Å². The first-order chi connectivity index (χ1) is 4.61. The molecule has 1 rings (SSSR count). The lowest BCUT2D eigenvalue weighted by Crippen LogP contribution is -2.49. The van der Waals surface area contributed by atoms with Gasteiger partial charge in [0, 0.05) is 12.5 Å². The quantitative estimate of drug-likeness (QED) is 0.499. The smallest absolute Gasteiger partial charge is 0.133 e. The lowest BCUT2D eigenvalue weighted by atomic mass is 10.0. The number of rotatable bonds is 0. The van der Waals surface area contributed by atoms with Gasteiger partial charge >= 0.3 is 0 Å². The second kappa shape index (κ2) is 3.05. The van der Waals surface area contributed by atoms with Crippen molar-refractivity contribution in [2.24, 2.45) is 5.73 Å². The Balaban J connectivity index is 2.49. The van der Waals surface area contributed by atoms with Gasteiger partial charge < -0.3 is 15.6 Å². The SMILES string of the molecule is C[C@@H]1OC(Cl)C[C@H](N)[C@@H]1O. The molecule has 1 unspecified atom stereocenters. The minimum absolute atomic E-state index is 0.244. The highest BCUT2D eigenvalue weighted by molar-refractivity contribution is 6.19. The van der Waals surface area contributed by atoms with E-state index < -0.39 is 6.10 Å². The van der Waals surface area contributed by atoms with Crippen molar-refractivity contribution in [3.8, 4) is 0 Å². The van der Waals surface area contributed by atoms with Crippen LogP contribution in [0.15, 0.2) is 0 Å². The average Bonchev–Trinajstić information content (AvgIpc) is 1.82. The summed E-state index contributed by atoms with van der Waals surface area (Å²) < 4.78 is 5.10. The number of aliphatic hydroxyl groups excluding tert-OH is 1. The fourth-order valence-electron chi connectivity index (χ4n) is 1.07. The molecule has 0 aromatic carbocycles. The van der Waals surface area contributed by atoms with Crippen molar-refractivity contribution in [1.29, 1.82) is 0 Å². The van der Waals surface area contributed by atoms with Gasteiger partial charge in [-0.25, -0.2) is 0 Å². The van der Waals surface area contributed by atoms with Crippen molar-refractivity contribution in [2.75, 3.05) is 0 Å². The van der Waals surface area contributed by atoms with Crippen LogP contribution in [0.3, 0.4) is 0 Å².